The van der Waals surface area contributed by atoms with E-state index in [1.54, 1.807) is 7.05 Å². The molecule has 6 heteroatoms. The lowest BCUT2D eigenvalue weighted by Crippen LogP contribution is -2.42. The topological polar surface area (TPSA) is 83.6 Å². The summed E-state index contributed by atoms with van der Waals surface area (Å²) in [6, 6.07) is 3.74. The molecule has 0 radical (unpaired) electrons. The van der Waals surface area contributed by atoms with Gasteiger partial charge in [0.05, 0.1) is 10.6 Å². The fourth-order valence-electron chi connectivity index (χ4n) is 1.61. The number of anilines is 1. The van der Waals surface area contributed by atoms with E-state index in [2.05, 4.69) is 0 Å². The maximum atomic E-state index is 12.5. The first-order chi connectivity index (χ1) is 8.48. The highest BCUT2D eigenvalue weighted by Gasteiger charge is 2.32. The van der Waals surface area contributed by atoms with Gasteiger partial charge < -0.3 is 10.8 Å². The number of hydrogen-bond donors (Lipinski definition) is 2. The summed E-state index contributed by atoms with van der Waals surface area (Å²) in [5.74, 6) is -0.120. The number of sulfonamides is 1. The molecule has 3 N–H and O–H groups in total. The van der Waals surface area contributed by atoms with Crippen molar-refractivity contribution >= 4 is 15.7 Å². The fourth-order valence-corrected chi connectivity index (χ4v) is 3.19. The molecule has 108 valence electrons. The highest BCUT2D eigenvalue weighted by molar-refractivity contribution is 7.89. The van der Waals surface area contributed by atoms with E-state index in [9.17, 15) is 13.5 Å². The molecular weight excluding hydrogens is 264 g/mol. The Morgan fingerprint density at radius 2 is 1.84 bits per heavy atom. The Balaban J connectivity index is 3.20. The molecule has 5 nitrogen and oxygen atoms in total. The number of nitrogen functional groups attached to an aromatic ring is 1. The molecule has 0 saturated carbocycles. The quantitative estimate of drug-likeness (QED) is 0.658. The summed E-state index contributed by atoms with van der Waals surface area (Å²) in [6.07, 6.45) is 0. The van der Waals surface area contributed by atoms with Gasteiger partial charge in [-0.3, -0.25) is 0 Å². The minimum atomic E-state index is -3.62. The number of hydrogen-bond acceptors (Lipinski definition) is 4. The van der Waals surface area contributed by atoms with Gasteiger partial charge in [0, 0.05) is 13.1 Å². The van der Waals surface area contributed by atoms with Gasteiger partial charge in [-0.15, -0.1) is 0 Å². The van der Waals surface area contributed by atoms with Crippen molar-refractivity contribution in [2.45, 2.75) is 38.6 Å². The number of nitrogens with zero attached hydrogens (tertiary/aromatic N) is 1. The summed E-state index contributed by atoms with van der Waals surface area (Å²) in [6.45, 7) is 7.81. The Hall–Kier alpha value is -1.27. The first kappa shape index (κ1) is 15.8. The van der Waals surface area contributed by atoms with Crippen LogP contribution in [-0.2, 0) is 10.0 Å². The van der Waals surface area contributed by atoms with E-state index in [0.717, 1.165) is 0 Å². The third kappa shape index (κ3) is 3.19. The van der Waals surface area contributed by atoms with E-state index < -0.39 is 10.0 Å². The van der Waals surface area contributed by atoms with Crippen LogP contribution in [0.15, 0.2) is 23.1 Å². The third-order valence-electron chi connectivity index (χ3n) is 3.47. The second-order valence-corrected chi connectivity index (χ2v) is 7.78. The van der Waals surface area contributed by atoms with Gasteiger partial charge in [-0.1, -0.05) is 20.8 Å². The maximum Gasteiger partial charge on any atom is 0.243 e. The average Bonchev–Trinajstić information content (AvgIpc) is 2.29. The predicted molar refractivity (Wildman–Crippen MR) is 76.4 cm³/mol. The lowest BCUT2D eigenvalue weighted by molar-refractivity contribution is 0.216. The zero-order valence-electron chi connectivity index (χ0n) is 12.0. The Bertz CT molecular complexity index is 562. The number of phenolic OH excluding ortho intramolecular Hbond substituents is 1. The molecular formula is C13H22N2O3S. The minimum Gasteiger partial charge on any atom is -0.506 e. The lowest BCUT2D eigenvalue weighted by atomic mass is 9.88. The zero-order chi connectivity index (χ0) is 15.0. The Morgan fingerprint density at radius 3 is 2.26 bits per heavy atom. The van der Waals surface area contributed by atoms with E-state index in [0.29, 0.717) is 0 Å². The van der Waals surface area contributed by atoms with Crippen LogP contribution in [0.1, 0.15) is 27.7 Å². The van der Waals surface area contributed by atoms with Crippen molar-refractivity contribution < 1.29 is 13.5 Å². The normalized spacial score (nSPS) is 14.6. The molecule has 1 atom stereocenters. The van der Waals surface area contributed by atoms with Crippen LogP contribution in [-0.4, -0.2) is 30.9 Å². The van der Waals surface area contributed by atoms with Crippen LogP contribution in [0.3, 0.4) is 0 Å². The number of aromatic hydroxyl groups is 1. The smallest absolute Gasteiger partial charge is 0.243 e. The zero-order valence-corrected chi connectivity index (χ0v) is 12.8. The van der Waals surface area contributed by atoms with E-state index in [1.807, 2.05) is 27.7 Å². The summed E-state index contributed by atoms with van der Waals surface area (Å²) >= 11 is 0. The van der Waals surface area contributed by atoms with E-state index in [-0.39, 0.29) is 27.8 Å². The molecule has 19 heavy (non-hydrogen) atoms. The molecule has 0 spiro atoms. The summed E-state index contributed by atoms with van der Waals surface area (Å²) in [7, 11) is -2.07. The summed E-state index contributed by atoms with van der Waals surface area (Å²) in [4.78, 5) is 0.0846. The highest BCUT2D eigenvalue weighted by atomic mass is 32.2. The van der Waals surface area contributed by atoms with Crippen molar-refractivity contribution in [1.29, 1.82) is 0 Å². The molecule has 0 fully saturated rings. The van der Waals surface area contributed by atoms with Crippen LogP contribution in [0.25, 0.3) is 0 Å². The van der Waals surface area contributed by atoms with Crippen molar-refractivity contribution in [3.05, 3.63) is 18.2 Å². The molecule has 1 rings (SSSR count). The predicted octanol–water partition coefficient (Wildman–Crippen LogP) is 2.03. The molecule has 0 amide bonds. The maximum absolute atomic E-state index is 12.5. The molecule has 1 aromatic rings. The van der Waals surface area contributed by atoms with Crippen LogP contribution >= 0.6 is 0 Å². The van der Waals surface area contributed by atoms with Gasteiger partial charge in [-0.05, 0) is 30.5 Å². The largest absolute Gasteiger partial charge is 0.506 e. The van der Waals surface area contributed by atoms with Crippen molar-refractivity contribution in [2.24, 2.45) is 5.41 Å². The van der Waals surface area contributed by atoms with Crippen LogP contribution in [0.4, 0.5) is 5.69 Å². The summed E-state index contributed by atoms with van der Waals surface area (Å²) in [5.41, 5.74) is 5.42. The third-order valence-corrected chi connectivity index (χ3v) is 5.40. The molecule has 1 unspecified atom stereocenters. The van der Waals surface area contributed by atoms with E-state index in [4.69, 9.17) is 5.73 Å². The molecule has 0 aromatic heterocycles. The highest BCUT2D eigenvalue weighted by Crippen LogP contribution is 2.29. The van der Waals surface area contributed by atoms with Gasteiger partial charge in [-0.2, -0.15) is 4.31 Å². The van der Waals surface area contributed by atoms with E-state index in [1.165, 1.54) is 22.5 Å². The second kappa shape index (κ2) is 5.02. The van der Waals surface area contributed by atoms with Crippen LogP contribution in [0.5, 0.6) is 5.75 Å². The monoisotopic (exact) mass is 286 g/mol. The molecule has 0 saturated heterocycles. The van der Waals surface area contributed by atoms with Gasteiger partial charge in [-0.25, -0.2) is 8.42 Å². The van der Waals surface area contributed by atoms with Gasteiger partial charge in [0.1, 0.15) is 5.75 Å². The molecule has 0 aliphatic carbocycles. The van der Waals surface area contributed by atoms with Crippen LogP contribution in [0, 0.1) is 5.41 Å². The van der Waals surface area contributed by atoms with Crippen molar-refractivity contribution in [3.63, 3.8) is 0 Å². The Labute approximate surface area is 115 Å². The number of rotatable bonds is 3. The SMILES string of the molecule is CC(N(C)S(=O)(=O)c1ccc(O)c(N)c1)C(C)(C)C. The van der Waals surface area contributed by atoms with Crippen LogP contribution in [0.2, 0.25) is 0 Å². The molecule has 0 aliphatic rings. The van der Waals surface area contributed by atoms with Gasteiger partial charge in [0.2, 0.25) is 10.0 Å². The van der Waals surface area contributed by atoms with Gasteiger partial charge in [0.25, 0.3) is 0 Å². The molecule has 0 heterocycles. The summed E-state index contributed by atoms with van der Waals surface area (Å²) in [5, 5.41) is 9.35. The Kier molecular flexibility index (Phi) is 4.17. The Morgan fingerprint density at radius 1 is 1.32 bits per heavy atom. The number of phenols is 1. The molecule has 0 aliphatic heterocycles. The molecule has 0 bridgehead atoms. The van der Waals surface area contributed by atoms with E-state index >= 15 is 0 Å². The second-order valence-electron chi connectivity index (χ2n) is 5.78. The standard InChI is InChI=1S/C13H22N2O3S/c1-9(13(2,3)4)15(5)19(17,18)10-6-7-12(16)11(14)8-10/h6-9,16H,14H2,1-5H3. The first-order valence-corrected chi connectivity index (χ1v) is 7.48. The number of nitrogens with two attached hydrogens (primary N) is 1. The number of benzene rings is 1. The minimum absolute atomic E-state index is 0.0536. The lowest BCUT2D eigenvalue weighted by Gasteiger charge is -2.34. The first-order valence-electron chi connectivity index (χ1n) is 6.04. The van der Waals surface area contributed by atoms with Gasteiger partial charge >= 0.3 is 0 Å². The molecule has 1 aromatic carbocycles. The average molecular weight is 286 g/mol. The van der Waals surface area contributed by atoms with Crippen LogP contribution < -0.4 is 5.73 Å². The van der Waals surface area contributed by atoms with Crippen molar-refractivity contribution in [1.82, 2.24) is 4.31 Å². The summed E-state index contributed by atoms with van der Waals surface area (Å²) < 4.78 is 26.3. The van der Waals surface area contributed by atoms with Crippen molar-refractivity contribution in [2.75, 3.05) is 12.8 Å². The fraction of sp³-hybridized carbons (Fsp3) is 0.538. The van der Waals surface area contributed by atoms with Crippen molar-refractivity contribution in [3.8, 4) is 5.75 Å². The van der Waals surface area contributed by atoms with Gasteiger partial charge in [0.15, 0.2) is 0 Å².